The summed E-state index contributed by atoms with van der Waals surface area (Å²) in [6.07, 6.45) is 9.45. The fourth-order valence-corrected chi connectivity index (χ4v) is 3.15. The molecule has 102 valence electrons. The first-order valence-corrected chi connectivity index (χ1v) is 8.28. The molecule has 18 heavy (non-hydrogen) atoms. The van der Waals surface area contributed by atoms with Crippen molar-refractivity contribution in [1.82, 2.24) is 0 Å². The van der Waals surface area contributed by atoms with Crippen molar-refractivity contribution >= 4 is 29.1 Å². The Morgan fingerprint density at radius 1 is 1.06 bits per heavy atom. The average Bonchev–Trinajstić information content (AvgIpc) is 2.36. The largest absolute Gasteiger partial charge is 0.399 e. The highest BCUT2D eigenvalue weighted by molar-refractivity contribution is 7.99. The van der Waals surface area contributed by atoms with Gasteiger partial charge < -0.3 is 5.73 Å². The van der Waals surface area contributed by atoms with E-state index in [0.29, 0.717) is 0 Å². The Labute approximate surface area is 120 Å². The van der Waals surface area contributed by atoms with Gasteiger partial charge in [0.15, 0.2) is 0 Å². The van der Waals surface area contributed by atoms with Crippen LogP contribution < -0.4 is 5.73 Å². The summed E-state index contributed by atoms with van der Waals surface area (Å²) in [6, 6.07) is 5.69. The van der Waals surface area contributed by atoms with E-state index in [2.05, 4.69) is 6.92 Å². The highest BCUT2D eigenvalue weighted by Gasteiger charge is 2.01. The number of rotatable bonds is 9. The van der Waals surface area contributed by atoms with E-state index in [4.69, 9.17) is 17.3 Å². The fourth-order valence-electron chi connectivity index (χ4n) is 1.87. The molecule has 0 fully saturated rings. The Morgan fingerprint density at radius 3 is 2.44 bits per heavy atom. The number of benzene rings is 1. The molecule has 0 saturated heterocycles. The summed E-state index contributed by atoms with van der Waals surface area (Å²) in [7, 11) is 0. The lowest BCUT2D eigenvalue weighted by Crippen LogP contribution is -1.87. The van der Waals surface area contributed by atoms with Gasteiger partial charge in [-0.3, -0.25) is 0 Å². The van der Waals surface area contributed by atoms with Gasteiger partial charge in [0, 0.05) is 10.6 Å². The summed E-state index contributed by atoms with van der Waals surface area (Å²) in [4.78, 5) is 1.11. The second-order valence-corrected chi connectivity index (χ2v) is 6.20. The van der Waals surface area contributed by atoms with Crippen molar-refractivity contribution in [2.75, 3.05) is 11.5 Å². The Balaban J connectivity index is 2.09. The molecule has 3 heteroatoms. The molecule has 1 aromatic rings. The van der Waals surface area contributed by atoms with Crippen molar-refractivity contribution in [3.05, 3.63) is 23.2 Å². The van der Waals surface area contributed by atoms with E-state index in [1.165, 1.54) is 44.9 Å². The van der Waals surface area contributed by atoms with Crippen LogP contribution in [0.15, 0.2) is 23.1 Å². The van der Waals surface area contributed by atoms with Crippen LogP contribution >= 0.6 is 23.4 Å². The molecule has 0 bridgehead atoms. The molecule has 0 atom stereocenters. The van der Waals surface area contributed by atoms with Gasteiger partial charge >= 0.3 is 0 Å². The van der Waals surface area contributed by atoms with Crippen LogP contribution in [0, 0.1) is 0 Å². The van der Waals surface area contributed by atoms with Gasteiger partial charge in [-0.05, 0) is 30.4 Å². The number of anilines is 1. The number of unbranched alkanes of at least 4 members (excludes halogenated alkanes) is 6. The van der Waals surface area contributed by atoms with Gasteiger partial charge in [0.2, 0.25) is 0 Å². The van der Waals surface area contributed by atoms with E-state index in [0.717, 1.165) is 21.4 Å². The smallest absolute Gasteiger partial charge is 0.0543 e. The van der Waals surface area contributed by atoms with E-state index in [9.17, 15) is 0 Å². The number of nitrogen functional groups attached to an aromatic ring is 1. The zero-order chi connectivity index (χ0) is 13.2. The van der Waals surface area contributed by atoms with Gasteiger partial charge in [-0.15, -0.1) is 11.8 Å². The maximum atomic E-state index is 6.12. The third-order valence-electron chi connectivity index (χ3n) is 2.96. The molecule has 0 aliphatic heterocycles. The molecule has 2 N–H and O–H groups in total. The third kappa shape index (κ3) is 6.55. The van der Waals surface area contributed by atoms with Gasteiger partial charge in [0.1, 0.15) is 0 Å². The van der Waals surface area contributed by atoms with Crippen molar-refractivity contribution in [3.63, 3.8) is 0 Å². The van der Waals surface area contributed by atoms with Gasteiger partial charge in [-0.1, -0.05) is 57.0 Å². The molecule has 1 rings (SSSR count). The first kappa shape index (κ1) is 15.7. The molecule has 0 aromatic heterocycles. The summed E-state index contributed by atoms with van der Waals surface area (Å²) in [5.41, 5.74) is 6.55. The van der Waals surface area contributed by atoms with Crippen LogP contribution in [0.5, 0.6) is 0 Å². The predicted octanol–water partition coefficient (Wildman–Crippen LogP) is 5.76. The average molecular weight is 286 g/mol. The highest BCUT2D eigenvalue weighted by Crippen LogP contribution is 2.29. The fraction of sp³-hybridized carbons (Fsp3) is 0.600. The molecule has 0 heterocycles. The van der Waals surface area contributed by atoms with Crippen LogP contribution in [0.2, 0.25) is 5.02 Å². The van der Waals surface area contributed by atoms with E-state index in [1.54, 1.807) is 0 Å². The first-order valence-electron chi connectivity index (χ1n) is 6.92. The molecular formula is C15H24ClNS. The van der Waals surface area contributed by atoms with Gasteiger partial charge in [-0.25, -0.2) is 0 Å². The van der Waals surface area contributed by atoms with Crippen molar-refractivity contribution in [1.29, 1.82) is 0 Å². The Bertz CT molecular complexity index is 341. The van der Waals surface area contributed by atoms with Crippen molar-refractivity contribution < 1.29 is 0 Å². The Kier molecular flexibility index (Phi) is 8.36. The minimum Gasteiger partial charge on any atom is -0.399 e. The number of nitrogens with two attached hydrogens (primary N) is 1. The summed E-state index contributed by atoms with van der Waals surface area (Å²) < 4.78 is 0. The lowest BCUT2D eigenvalue weighted by atomic mass is 10.1. The summed E-state index contributed by atoms with van der Waals surface area (Å²) >= 11 is 7.93. The molecule has 0 unspecified atom stereocenters. The zero-order valence-electron chi connectivity index (χ0n) is 11.3. The predicted molar refractivity (Wildman–Crippen MR) is 84.6 cm³/mol. The van der Waals surface area contributed by atoms with Crippen molar-refractivity contribution in [2.24, 2.45) is 0 Å². The molecule has 0 amide bonds. The Hall–Kier alpha value is -0.340. The first-order chi connectivity index (χ1) is 8.74. The molecule has 0 aliphatic rings. The lowest BCUT2D eigenvalue weighted by molar-refractivity contribution is 0.603. The highest BCUT2D eigenvalue weighted by atomic mass is 35.5. The van der Waals surface area contributed by atoms with Crippen LogP contribution in [-0.4, -0.2) is 5.75 Å². The molecule has 0 saturated carbocycles. The summed E-state index contributed by atoms with van der Waals surface area (Å²) in [5, 5.41) is 0.817. The van der Waals surface area contributed by atoms with Crippen LogP contribution in [0.4, 0.5) is 5.69 Å². The van der Waals surface area contributed by atoms with Crippen LogP contribution in [0.1, 0.15) is 51.9 Å². The third-order valence-corrected chi connectivity index (χ3v) is 4.54. The maximum absolute atomic E-state index is 6.12. The maximum Gasteiger partial charge on any atom is 0.0543 e. The Morgan fingerprint density at radius 2 is 1.72 bits per heavy atom. The van der Waals surface area contributed by atoms with E-state index in [-0.39, 0.29) is 0 Å². The van der Waals surface area contributed by atoms with Crippen LogP contribution in [0.25, 0.3) is 0 Å². The molecule has 1 aromatic carbocycles. The summed E-state index contributed by atoms with van der Waals surface area (Å²) in [6.45, 7) is 2.26. The van der Waals surface area contributed by atoms with Crippen molar-refractivity contribution in [2.45, 2.75) is 56.8 Å². The molecule has 1 nitrogen and oxygen atoms in total. The number of hydrogen-bond donors (Lipinski definition) is 1. The summed E-state index contributed by atoms with van der Waals surface area (Å²) in [5.74, 6) is 1.14. The van der Waals surface area contributed by atoms with E-state index >= 15 is 0 Å². The lowest BCUT2D eigenvalue weighted by Gasteiger charge is -2.05. The second kappa shape index (κ2) is 9.57. The van der Waals surface area contributed by atoms with Crippen molar-refractivity contribution in [3.8, 4) is 0 Å². The molecule has 0 spiro atoms. The number of hydrogen-bond acceptors (Lipinski definition) is 2. The SMILES string of the molecule is CCCCCCCCCSc1cc(N)ccc1Cl. The number of halogens is 1. The van der Waals surface area contributed by atoms with Crippen LogP contribution in [-0.2, 0) is 0 Å². The second-order valence-electron chi connectivity index (χ2n) is 4.66. The molecular weight excluding hydrogens is 262 g/mol. The minimum atomic E-state index is 0.793. The van der Waals surface area contributed by atoms with Crippen LogP contribution in [0.3, 0.4) is 0 Å². The topological polar surface area (TPSA) is 26.0 Å². The van der Waals surface area contributed by atoms with E-state index in [1.807, 2.05) is 30.0 Å². The van der Waals surface area contributed by atoms with Gasteiger partial charge in [0.25, 0.3) is 0 Å². The molecule has 0 aliphatic carbocycles. The quantitative estimate of drug-likeness (QED) is 0.354. The van der Waals surface area contributed by atoms with E-state index < -0.39 is 0 Å². The normalized spacial score (nSPS) is 10.8. The van der Waals surface area contributed by atoms with Gasteiger partial charge in [-0.2, -0.15) is 0 Å². The number of thioether (sulfide) groups is 1. The zero-order valence-corrected chi connectivity index (χ0v) is 12.8. The minimum absolute atomic E-state index is 0.793. The van der Waals surface area contributed by atoms with Gasteiger partial charge in [0.05, 0.1) is 5.02 Å². The molecule has 0 radical (unpaired) electrons. The monoisotopic (exact) mass is 285 g/mol. The standard InChI is InChI=1S/C15H24ClNS/c1-2-3-4-5-6-7-8-11-18-15-12-13(17)9-10-14(15)16/h9-10,12H,2-8,11,17H2,1H3.